The van der Waals surface area contributed by atoms with Crippen LogP contribution in [0.5, 0.6) is 5.75 Å². The van der Waals surface area contributed by atoms with Crippen LogP contribution in [0.15, 0.2) is 18.2 Å². The van der Waals surface area contributed by atoms with Crippen molar-refractivity contribution >= 4 is 0 Å². The molecule has 2 rings (SSSR count). The van der Waals surface area contributed by atoms with Gasteiger partial charge in [-0.2, -0.15) is 0 Å². The standard InChI is InChI=1S/C13H18FNO2/c1-9(15)12-6-11(14)2-3-13(12)17-8-10-4-5-16-7-10/h2-3,6,9-10H,4-5,7-8,15H2,1H3. The van der Waals surface area contributed by atoms with Crippen molar-refractivity contribution in [1.82, 2.24) is 0 Å². The van der Waals surface area contributed by atoms with Crippen molar-refractivity contribution in [1.29, 1.82) is 0 Å². The first-order valence-corrected chi connectivity index (χ1v) is 5.92. The topological polar surface area (TPSA) is 44.5 Å². The number of hydrogen-bond donors (Lipinski definition) is 1. The van der Waals surface area contributed by atoms with Crippen molar-refractivity contribution in [3.8, 4) is 5.75 Å². The van der Waals surface area contributed by atoms with E-state index in [2.05, 4.69) is 0 Å². The molecule has 0 saturated carbocycles. The Morgan fingerprint density at radius 1 is 1.59 bits per heavy atom. The molecule has 0 aliphatic carbocycles. The van der Waals surface area contributed by atoms with Crippen LogP contribution in [0.2, 0.25) is 0 Å². The van der Waals surface area contributed by atoms with Gasteiger partial charge in [-0.1, -0.05) is 0 Å². The largest absolute Gasteiger partial charge is 0.493 e. The molecular formula is C13H18FNO2. The second kappa shape index (κ2) is 5.47. The van der Waals surface area contributed by atoms with Crippen LogP contribution in [0.4, 0.5) is 4.39 Å². The summed E-state index contributed by atoms with van der Waals surface area (Å²) in [6, 6.07) is 4.24. The van der Waals surface area contributed by atoms with Crippen LogP contribution in [0.25, 0.3) is 0 Å². The summed E-state index contributed by atoms with van der Waals surface area (Å²) in [6.07, 6.45) is 1.02. The van der Waals surface area contributed by atoms with Crippen LogP contribution < -0.4 is 10.5 Å². The maximum Gasteiger partial charge on any atom is 0.124 e. The zero-order valence-electron chi connectivity index (χ0n) is 9.99. The van der Waals surface area contributed by atoms with Crippen molar-refractivity contribution in [2.75, 3.05) is 19.8 Å². The first kappa shape index (κ1) is 12.3. The highest BCUT2D eigenvalue weighted by Gasteiger charge is 2.17. The zero-order valence-corrected chi connectivity index (χ0v) is 9.99. The normalized spacial score (nSPS) is 21.5. The number of halogens is 1. The Kier molecular flexibility index (Phi) is 3.97. The SMILES string of the molecule is CC(N)c1cc(F)ccc1OCC1CCOC1. The lowest BCUT2D eigenvalue weighted by Crippen LogP contribution is -2.14. The Labute approximate surface area is 101 Å². The fourth-order valence-corrected chi connectivity index (χ4v) is 1.93. The Morgan fingerprint density at radius 3 is 3.06 bits per heavy atom. The number of hydrogen-bond acceptors (Lipinski definition) is 3. The highest BCUT2D eigenvalue weighted by atomic mass is 19.1. The summed E-state index contributed by atoms with van der Waals surface area (Å²) in [5.41, 5.74) is 6.51. The Bertz CT molecular complexity index is 376. The molecule has 2 unspecified atom stereocenters. The van der Waals surface area contributed by atoms with Gasteiger partial charge in [0.2, 0.25) is 0 Å². The van der Waals surface area contributed by atoms with E-state index in [1.54, 1.807) is 6.07 Å². The van der Waals surface area contributed by atoms with Gasteiger partial charge in [0.05, 0.1) is 13.2 Å². The third-order valence-corrected chi connectivity index (χ3v) is 2.96. The second-order valence-electron chi connectivity index (χ2n) is 4.51. The van der Waals surface area contributed by atoms with E-state index < -0.39 is 0 Å². The fourth-order valence-electron chi connectivity index (χ4n) is 1.93. The molecule has 2 atom stereocenters. The van der Waals surface area contributed by atoms with Gasteiger partial charge >= 0.3 is 0 Å². The molecule has 3 nitrogen and oxygen atoms in total. The van der Waals surface area contributed by atoms with Gasteiger partial charge in [0.25, 0.3) is 0 Å². The van der Waals surface area contributed by atoms with Crippen molar-refractivity contribution in [3.05, 3.63) is 29.6 Å². The van der Waals surface area contributed by atoms with E-state index in [1.807, 2.05) is 6.92 Å². The molecule has 0 radical (unpaired) electrons. The predicted molar refractivity (Wildman–Crippen MR) is 63.4 cm³/mol. The summed E-state index contributed by atoms with van der Waals surface area (Å²) in [4.78, 5) is 0. The maximum absolute atomic E-state index is 13.1. The molecule has 1 aliphatic rings. The minimum Gasteiger partial charge on any atom is -0.493 e. The third-order valence-electron chi connectivity index (χ3n) is 2.96. The molecule has 0 bridgehead atoms. The minimum atomic E-state index is -0.283. The predicted octanol–water partition coefficient (Wildman–Crippen LogP) is 2.26. The lowest BCUT2D eigenvalue weighted by atomic mass is 10.1. The number of ether oxygens (including phenoxy) is 2. The lowest BCUT2D eigenvalue weighted by molar-refractivity contribution is 0.166. The van der Waals surface area contributed by atoms with E-state index >= 15 is 0 Å². The average Bonchev–Trinajstić information content (AvgIpc) is 2.80. The monoisotopic (exact) mass is 239 g/mol. The summed E-state index contributed by atoms with van der Waals surface area (Å²) in [5.74, 6) is 0.822. The van der Waals surface area contributed by atoms with E-state index in [4.69, 9.17) is 15.2 Å². The van der Waals surface area contributed by atoms with Crippen LogP contribution in [-0.4, -0.2) is 19.8 Å². The van der Waals surface area contributed by atoms with E-state index in [0.29, 0.717) is 23.8 Å². The molecule has 1 fully saturated rings. The van der Waals surface area contributed by atoms with Crippen LogP contribution >= 0.6 is 0 Å². The van der Waals surface area contributed by atoms with Crippen molar-refractivity contribution < 1.29 is 13.9 Å². The highest BCUT2D eigenvalue weighted by molar-refractivity contribution is 5.36. The Balaban J connectivity index is 2.03. The number of nitrogens with two attached hydrogens (primary N) is 1. The van der Waals surface area contributed by atoms with E-state index in [0.717, 1.165) is 19.6 Å². The van der Waals surface area contributed by atoms with Crippen LogP contribution in [0.3, 0.4) is 0 Å². The first-order chi connectivity index (χ1) is 8.16. The molecule has 1 aliphatic heterocycles. The molecule has 1 aromatic carbocycles. The zero-order chi connectivity index (χ0) is 12.3. The van der Waals surface area contributed by atoms with E-state index in [-0.39, 0.29) is 11.9 Å². The van der Waals surface area contributed by atoms with Gasteiger partial charge in [-0.25, -0.2) is 4.39 Å². The molecule has 17 heavy (non-hydrogen) atoms. The van der Waals surface area contributed by atoms with Gasteiger partial charge in [0.1, 0.15) is 11.6 Å². The fraction of sp³-hybridized carbons (Fsp3) is 0.538. The van der Waals surface area contributed by atoms with Crippen molar-refractivity contribution in [2.24, 2.45) is 11.7 Å². The number of benzene rings is 1. The third kappa shape index (κ3) is 3.17. The van der Waals surface area contributed by atoms with Gasteiger partial charge < -0.3 is 15.2 Å². The van der Waals surface area contributed by atoms with Crippen LogP contribution in [0.1, 0.15) is 24.9 Å². The lowest BCUT2D eigenvalue weighted by Gasteiger charge is -2.16. The smallest absolute Gasteiger partial charge is 0.124 e. The molecule has 0 spiro atoms. The summed E-state index contributed by atoms with van der Waals surface area (Å²) >= 11 is 0. The molecule has 1 saturated heterocycles. The van der Waals surface area contributed by atoms with Gasteiger partial charge in [0, 0.05) is 24.1 Å². The minimum absolute atomic E-state index is 0.236. The molecule has 0 amide bonds. The first-order valence-electron chi connectivity index (χ1n) is 5.92. The summed E-state index contributed by atoms with van der Waals surface area (Å²) in [7, 11) is 0. The van der Waals surface area contributed by atoms with E-state index in [1.165, 1.54) is 12.1 Å². The second-order valence-corrected chi connectivity index (χ2v) is 4.51. The highest BCUT2D eigenvalue weighted by Crippen LogP contribution is 2.26. The molecule has 1 aromatic rings. The maximum atomic E-state index is 13.1. The summed E-state index contributed by atoms with van der Waals surface area (Å²) in [6.45, 7) is 3.97. The van der Waals surface area contributed by atoms with Crippen molar-refractivity contribution in [3.63, 3.8) is 0 Å². The van der Waals surface area contributed by atoms with Gasteiger partial charge in [-0.3, -0.25) is 0 Å². The Hall–Kier alpha value is -1.13. The average molecular weight is 239 g/mol. The van der Waals surface area contributed by atoms with Gasteiger partial charge in [-0.05, 0) is 31.5 Å². The summed E-state index contributed by atoms with van der Waals surface area (Å²) < 4.78 is 24.1. The van der Waals surface area contributed by atoms with Gasteiger partial charge in [-0.15, -0.1) is 0 Å². The molecule has 4 heteroatoms. The molecule has 1 heterocycles. The van der Waals surface area contributed by atoms with Crippen molar-refractivity contribution in [2.45, 2.75) is 19.4 Å². The van der Waals surface area contributed by atoms with Gasteiger partial charge in [0.15, 0.2) is 0 Å². The molecule has 94 valence electrons. The summed E-state index contributed by atoms with van der Waals surface area (Å²) in [5, 5.41) is 0. The van der Waals surface area contributed by atoms with Crippen LogP contribution in [0, 0.1) is 11.7 Å². The molecule has 0 aromatic heterocycles. The van der Waals surface area contributed by atoms with E-state index in [9.17, 15) is 4.39 Å². The van der Waals surface area contributed by atoms with Crippen LogP contribution in [-0.2, 0) is 4.74 Å². The number of rotatable bonds is 4. The Morgan fingerprint density at radius 2 is 2.41 bits per heavy atom. The molecule has 2 N–H and O–H groups in total. The molecular weight excluding hydrogens is 221 g/mol. The quantitative estimate of drug-likeness (QED) is 0.876.